The second kappa shape index (κ2) is 10.2. The zero-order chi connectivity index (χ0) is 17.3. The van der Waals surface area contributed by atoms with Gasteiger partial charge in [-0.05, 0) is 5.92 Å². The van der Waals surface area contributed by atoms with Crippen LogP contribution < -0.4 is 0 Å². The molecule has 0 fully saturated rings. The summed E-state index contributed by atoms with van der Waals surface area (Å²) in [6.45, 7) is 10.4. The Labute approximate surface area is 132 Å². The van der Waals surface area contributed by atoms with Crippen molar-refractivity contribution in [3.8, 4) is 0 Å². The minimum Gasteiger partial charge on any atom is -0.461 e. The van der Waals surface area contributed by atoms with E-state index in [0.29, 0.717) is 0 Å². The summed E-state index contributed by atoms with van der Waals surface area (Å²) in [5.74, 6) is -1.57. The molecule has 0 saturated heterocycles. The largest absolute Gasteiger partial charge is 0.461 e. The van der Waals surface area contributed by atoms with E-state index >= 15 is 0 Å². The first-order valence-electron chi connectivity index (χ1n) is 7.66. The van der Waals surface area contributed by atoms with Gasteiger partial charge in [0, 0.05) is 6.42 Å². The molecule has 6 nitrogen and oxygen atoms in total. The molecule has 0 rings (SSSR count). The normalized spacial score (nSPS) is 11.2. The molecule has 0 bridgehead atoms. The van der Waals surface area contributed by atoms with E-state index in [-0.39, 0.29) is 49.3 Å². The highest BCUT2D eigenvalue weighted by Crippen LogP contribution is 2.07. The number of hydrogen-bond acceptors (Lipinski definition) is 6. The predicted octanol–water partition coefficient (Wildman–Crippen LogP) is 2.34. The zero-order valence-electron chi connectivity index (χ0n) is 14.4. The van der Waals surface area contributed by atoms with Crippen LogP contribution in [0.2, 0.25) is 0 Å². The number of ether oxygens (including phenoxy) is 3. The summed E-state index contributed by atoms with van der Waals surface area (Å²) in [6, 6.07) is 0. The molecule has 0 saturated carbocycles. The van der Waals surface area contributed by atoms with Crippen LogP contribution in [0.25, 0.3) is 0 Å². The number of esters is 3. The molecule has 0 N–H and O–H groups in total. The predicted molar refractivity (Wildman–Crippen MR) is 80.9 cm³/mol. The quantitative estimate of drug-likeness (QED) is 0.480. The monoisotopic (exact) mass is 316 g/mol. The first kappa shape index (κ1) is 20.4. The van der Waals surface area contributed by atoms with Crippen molar-refractivity contribution >= 4 is 17.9 Å². The van der Waals surface area contributed by atoms with E-state index in [9.17, 15) is 14.4 Å². The fraction of sp³-hybridized carbons (Fsp3) is 0.812. The molecule has 0 radical (unpaired) electrons. The van der Waals surface area contributed by atoms with Crippen LogP contribution in [0.5, 0.6) is 0 Å². The van der Waals surface area contributed by atoms with Crippen molar-refractivity contribution in [3.05, 3.63) is 0 Å². The van der Waals surface area contributed by atoms with Gasteiger partial charge in [-0.1, -0.05) is 41.5 Å². The van der Waals surface area contributed by atoms with Gasteiger partial charge in [-0.25, -0.2) is 0 Å². The Morgan fingerprint density at radius 1 is 0.773 bits per heavy atom. The smallest absolute Gasteiger partial charge is 0.308 e. The third-order valence-electron chi connectivity index (χ3n) is 2.64. The van der Waals surface area contributed by atoms with Gasteiger partial charge in [0.15, 0.2) is 6.10 Å². The maximum Gasteiger partial charge on any atom is 0.308 e. The van der Waals surface area contributed by atoms with Gasteiger partial charge in [0.1, 0.15) is 13.2 Å². The van der Waals surface area contributed by atoms with Crippen LogP contribution >= 0.6 is 0 Å². The van der Waals surface area contributed by atoms with Crippen molar-refractivity contribution in [3.63, 3.8) is 0 Å². The summed E-state index contributed by atoms with van der Waals surface area (Å²) in [6.07, 6.45) is -0.524. The van der Waals surface area contributed by atoms with Crippen molar-refractivity contribution in [2.45, 2.75) is 54.1 Å². The lowest BCUT2D eigenvalue weighted by Gasteiger charge is -2.19. The first-order valence-corrected chi connectivity index (χ1v) is 7.66. The van der Waals surface area contributed by atoms with Gasteiger partial charge in [0.2, 0.25) is 0 Å². The number of carbonyl (C=O) groups is 3. The number of carbonyl (C=O) groups excluding carboxylic acids is 3. The van der Waals surface area contributed by atoms with Crippen molar-refractivity contribution in [1.29, 1.82) is 0 Å². The fourth-order valence-corrected chi connectivity index (χ4v) is 1.37. The molecule has 0 atom stereocenters. The molecule has 0 aliphatic carbocycles. The van der Waals surface area contributed by atoms with E-state index in [1.165, 1.54) is 0 Å². The number of hydrogen-bond donors (Lipinski definition) is 0. The summed E-state index contributed by atoms with van der Waals surface area (Å²) >= 11 is 0. The standard InChI is InChI=1S/C16H28O6/c1-10(2)7-14(17)22-13(8-20-15(18)11(3)4)9-21-16(19)12(5)6/h10-13H,7-9H2,1-6H3. The average molecular weight is 316 g/mol. The zero-order valence-corrected chi connectivity index (χ0v) is 14.4. The molecule has 0 aromatic carbocycles. The van der Waals surface area contributed by atoms with E-state index in [2.05, 4.69) is 0 Å². The maximum atomic E-state index is 11.7. The van der Waals surface area contributed by atoms with Gasteiger partial charge < -0.3 is 14.2 Å². The van der Waals surface area contributed by atoms with E-state index < -0.39 is 12.1 Å². The van der Waals surface area contributed by atoms with Crippen LogP contribution in [0.1, 0.15) is 48.0 Å². The maximum absolute atomic E-state index is 11.7. The summed E-state index contributed by atoms with van der Waals surface area (Å²) in [5, 5.41) is 0. The topological polar surface area (TPSA) is 78.9 Å². The van der Waals surface area contributed by atoms with Crippen molar-refractivity contribution in [1.82, 2.24) is 0 Å². The van der Waals surface area contributed by atoms with Crippen LogP contribution in [-0.4, -0.2) is 37.2 Å². The number of rotatable bonds is 9. The van der Waals surface area contributed by atoms with Gasteiger partial charge in [0.25, 0.3) is 0 Å². The van der Waals surface area contributed by atoms with E-state index in [0.717, 1.165) is 0 Å². The Morgan fingerprint density at radius 3 is 1.50 bits per heavy atom. The van der Waals surface area contributed by atoms with Crippen molar-refractivity contribution in [2.24, 2.45) is 17.8 Å². The van der Waals surface area contributed by atoms with E-state index in [1.807, 2.05) is 13.8 Å². The summed E-state index contributed by atoms with van der Waals surface area (Å²) in [7, 11) is 0. The van der Waals surface area contributed by atoms with Crippen LogP contribution in [-0.2, 0) is 28.6 Å². The SMILES string of the molecule is CC(C)CC(=O)OC(COC(=O)C(C)C)COC(=O)C(C)C. The Kier molecular flexibility index (Phi) is 9.45. The highest BCUT2D eigenvalue weighted by molar-refractivity contribution is 5.72. The molecule has 0 heterocycles. The lowest BCUT2D eigenvalue weighted by atomic mass is 10.1. The molecule has 0 aliphatic heterocycles. The molecular weight excluding hydrogens is 288 g/mol. The molecule has 6 heteroatoms. The summed E-state index contributed by atoms with van der Waals surface area (Å²) in [5.41, 5.74) is 0. The summed E-state index contributed by atoms with van der Waals surface area (Å²) in [4.78, 5) is 34.7. The molecule has 0 unspecified atom stereocenters. The van der Waals surface area contributed by atoms with Crippen molar-refractivity contribution in [2.75, 3.05) is 13.2 Å². The highest BCUT2D eigenvalue weighted by atomic mass is 16.6. The van der Waals surface area contributed by atoms with Gasteiger partial charge in [0.05, 0.1) is 11.8 Å². The van der Waals surface area contributed by atoms with Crippen LogP contribution in [0.15, 0.2) is 0 Å². The lowest BCUT2D eigenvalue weighted by molar-refractivity contribution is -0.169. The molecule has 0 amide bonds. The van der Waals surface area contributed by atoms with Gasteiger partial charge in [-0.3, -0.25) is 14.4 Å². The minimum atomic E-state index is -0.781. The van der Waals surface area contributed by atoms with Crippen LogP contribution in [0.3, 0.4) is 0 Å². The van der Waals surface area contributed by atoms with E-state index in [4.69, 9.17) is 14.2 Å². The first-order chi connectivity index (χ1) is 10.1. The van der Waals surface area contributed by atoms with Crippen LogP contribution in [0, 0.1) is 17.8 Å². The molecule has 0 aromatic heterocycles. The fourth-order valence-electron chi connectivity index (χ4n) is 1.37. The Morgan fingerprint density at radius 2 is 1.18 bits per heavy atom. The molecule has 0 spiro atoms. The second-order valence-corrected chi connectivity index (χ2v) is 6.28. The third-order valence-corrected chi connectivity index (χ3v) is 2.64. The van der Waals surface area contributed by atoms with Gasteiger partial charge in [-0.2, -0.15) is 0 Å². The van der Waals surface area contributed by atoms with Gasteiger partial charge >= 0.3 is 17.9 Å². The molecule has 0 aliphatic rings. The average Bonchev–Trinajstić information content (AvgIpc) is 2.39. The van der Waals surface area contributed by atoms with Crippen LogP contribution in [0.4, 0.5) is 0 Å². The molecule has 22 heavy (non-hydrogen) atoms. The molecular formula is C16H28O6. The minimum absolute atomic E-state index is 0.119. The molecule has 128 valence electrons. The van der Waals surface area contributed by atoms with E-state index in [1.54, 1.807) is 27.7 Å². The Hall–Kier alpha value is -1.59. The Balaban J connectivity index is 4.51. The van der Waals surface area contributed by atoms with Gasteiger partial charge in [-0.15, -0.1) is 0 Å². The highest BCUT2D eigenvalue weighted by Gasteiger charge is 2.21. The molecule has 0 aromatic rings. The third kappa shape index (κ3) is 9.37. The second-order valence-electron chi connectivity index (χ2n) is 6.28. The van der Waals surface area contributed by atoms with Crippen molar-refractivity contribution < 1.29 is 28.6 Å². The lowest BCUT2D eigenvalue weighted by Crippen LogP contribution is -2.32. The summed E-state index contributed by atoms with van der Waals surface area (Å²) < 4.78 is 15.3. The Bertz CT molecular complexity index is 349.